The first kappa shape index (κ1) is 15.9. The van der Waals surface area contributed by atoms with Crippen LogP contribution in [0.1, 0.15) is 37.3 Å². The number of nitrogens with one attached hydrogen (secondary N) is 1. The van der Waals surface area contributed by atoms with Crippen molar-refractivity contribution in [3.05, 3.63) is 64.7 Å². The topological polar surface area (TPSA) is 45.1 Å². The van der Waals surface area contributed by atoms with E-state index < -0.39 is 6.10 Å². The fraction of sp³-hybridized carbons (Fsp3) is 0.312. The van der Waals surface area contributed by atoms with Crippen LogP contribution in [0.25, 0.3) is 0 Å². The predicted molar refractivity (Wildman–Crippen MR) is 81.6 cm³/mol. The summed E-state index contributed by atoms with van der Waals surface area (Å²) in [5.41, 5.74) is 1.52. The largest absolute Gasteiger partial charge is 0.387 e. The van der Waals surface area contributed by atoms with Gasteiger partial charge in [0, 0.05) is 17.1 Å². The van der Waals surface area contributed by atoms with Crippen LogP contribution in [0.5, 0.6) is 0 Å². The number of aliphatic hydroxyl groups is 1. The van der Waals surface area contributed by atoms with E-state index in [-0.39, 0.29) is 17.9 Å². The zero-order valence-electron chi connectivity index (χ0n) is 11.9. The molecular formula is C16H18ClFN2O. The van der Waals surface area contributed by atoms with Gasteiger partial charge in [-0.3, -0.25) is 4.98 Å². The van der Waals surface area contributed by atoms with Crippen molar-refractivity contribution >= 4 is 11.6 Å². The third-order valence-electron chi connectivity index (χ3n) is 3.39. The summed E-state index contributed by atoms with van der Waals surface area (Å²) in [7, 11) is 0. The summed E-state index contributed by atoms with van der Waals surface area (Å²) < 4.78 is 12.9. The van der Waals surface area contributed by atoms with Gasteiger partial charge in [-0.05, 0) is 43.7 Å². The molecule has 3 nitrogen and oxygen atoms in total. The molecule has 0 aliphatic rings. The number of pyridine rings is 1. The molecule has 0 radical (unpaired) electrons. The molecule has 0 aliphatic heterocycles. The van der Waals surface area contributed by atoms with Crippen LogP contribution in [0, 0.1) is 5.82 Å². The Morgan fingerprint density at radius 1 is 1.14 bits per heavy atom. The molecule has 1 aromatic heterocycles. The lowest BCUT2D eigenvalue weighted by Crippen LogP contribution is -2.34. The Morgan fingerprint density at radius 2 is 1.81 bits per heavy atom. The van der Waals surface area contributed by atoms with E-state index in [1.54, 1.807) is 30.3 Å². The molecule has 0 saturated heterocycles. The van der Waals surface area contributed by atoms with E-state index in [9.17, 15) is 9.50 Å². The molecule has 0 amide bonds. The summed E-state index contributed by atoms with van der Waals surface area (Å²) in [4.78, 5) is 4.04. The van der Waals surface area contributed by atoms with Crippen LogP contribution in [-0.2, 0) is 0 Å². The van der Waals surface area contributed by atoms with Gasteiger partial charge >= 0.3 is 0 Å². The Morgan fingerprint density at radius 3 is 2.38 bits per heavy atom. The molecule has 3 atom stereocenters. The van der Waals surface area contributed by atoms with Gasteiger partial charge in [-0.1, -0.05) is 23.7 Å². The Bertz CT molecular complexity index is 574. The van der Waals surface area contributed by atoms with E-state index in [0.29, 0.717) is 5.02 Å². The lowest BCUT2D eigenvalue weighted by atomic mass is 10.0. The Labute approximate surface area is 128 Å². The molecule has 1 aromatic carbocycles. The van der Waals surface area contributed by atoms with Gasteiger partial charge in [0.2, 0.25) is 0 Å². The van der Waals surface area contributed by atoms with E-state index in [4.69, 9.17) is 11.6 Å². The van der Waals surface area contributed by atoms with Crippen LogP contribution in [-0.4, -0.2) is 16.1 Å². The van der Waals surface area contributed by atoms with Crippen LogP contribution < -0.4 is 5.32 Å². The second kappa shape index (κ2) is 6.98. The average molecular weight is 309 g/mol. The summed E-state index contributed by atoms with van der Waals surface area (Å²) in [6, 6.07) is 9.82. The molecule has 5 heteroatoms. The third-order valence-corrected chi connectivity index (χ3v) is 3.64. The van der Waals surface area contributed by atoms with Crippen LogP contribution in [0.3, 0.4) is 0 Å². The second-order valence-corrected chi connectivity index (χ2v) is 5.51. The van der Waals surface area contributed by atoms with Gasteiger partial charge in [0.1, 0.15) is 5.82 Å². The standard InChI is InChI=1S/C16H18ClFN2O/c1-10(15-8-7-14(18)9-19-15)20-11(2)16(21)12-3-5-13(17)6-4-12/h3-11,16,20-21H,1-2H3. The van der Waals surface area contributed by atoms with E-state index >= 15 is 0 Å². The van der Waals surface area contributed by atoms with Gasteiger partial charge in [-0.2, -0.15) is 0 Å². The Hall–Kier alpha value is -1.49. The first-order valence-corrected chi connectivity index (χ1v) is 7.16. The molecule has 0 bridgehead atoms. The van der Waals surface area contributed by atoms with Crippen molar-refractivity contribution in [3.63, 3.8) is 0 Å². The smallest absolute Gasteiger partial charge is 0.141 e. The van der Waals surface area contributed by atoms with Crippen LogP contribution in [0.15, 0.2) is 42.6 Å². The molecule has 3 unspecified atom stereocenters. The number of benzene rings is 1. The highest BCUT2D eigenvalue weighted by molar-refractivity contribution is 6.30. The fourth-order valence-corrected chi connectivity index (χ4v) is 2.29. The minimum absolute atomic E-state index is 0.0949. The number of aromatic nitrogens is 1. The van der Waals surface area contributed by atoms with Gasteiger partial charge in [-0.25, -0.2) is 4.39 Å². The zero-order valence-corrected chi connectivity index (χ0v) is 12.7. The highest BCUT2D eigenvalue weighted by Gasteiger charge is 2.19. The lowest BCUT2D eigenvalue weighted by molar-refractivity contribution is 0.130. The monoisotopic (exact) mass is 308 g/mol. The van der Waals surface area contributed by atoms with E-state index in [0.717, 1.165) is 11.3 Å². The van der Waals surface area contributed by atoms with Crippen molar-refractivity contribution in [1.82, 2.24) is 10.3 Å². The predicted octanol–water partition coefficient (Wildman–Crippen LogP) is 3.65. The minimum Gasteiger partial charge on any atom is -0.387 e. The first-order chi connectivity index (χ1) is 9.97. The van der Waals surface area contributed by atoms with Crippen molar-refractivity contribution in [2.45, 2.75) is 32.0 Å². The van der Waals surface area contributed by atoms with E-state index in [1.807, 2.05) is 13.8 Å². The van der Waals surface area contributed by atoms with Crippen molar-refractivity contribution in [3.8, 4) is 0 Å². The molecule has 2 aromatic rings. The summed E-state index contributed by atoms with van der Waals surface area (Å²) >= 11 is 5.84. The van der Waals surface area contributed by atoms with Crippen LogP contribution in [0.4, 0.5) is 4.39 Å². The van der Waals surface area contributed by atoms with Gasteiger partial charge in [-0.15, -0.1) is 0 Å². The number of hydrogen-bond donors (Lipinski definition) is 2. The number of hydrogen-bond acceptors (Lipinski definition) is 3. The molecular weight excluding hydrogens is 291 g/mol. The average Bonchev–Trinajstić information content (AvgIpc) is 2.47. The summed E-state index contributed by atoms with van der Waals surface area (Å²) in [6.45, 7) is 3.81. The number of nitrogens with zero attached hydrogens (tertiary/aromatic N) is 1. The van der Waals surface area contributed by atoms with Crippen molar-refractivity contribution in [2.75, 3.05) is 0 Å². The number of rotatable bonds is 5. The minimum atomic E-state index is -0.662. The Balaban J connectivity index is 2.01. The molecule has 0 saturated carbocycles. The highest BCUT2D eigenvalue weighted by Crippen LogP contribution is 2.21. The second-order valence-electron chi connectivity index (χ2n) is 5.07. The van der Waals surface area contributed by atoms with Crippen molar-refractivity contribution in [2.24, 2.45) is 0 Å². The van der Waals surface area contributed by atoms with Gasteiger partial charge in [0.25, 0.3) is 0 Å². The SMILES string of the molecule is CC(NC(C)C(O)c1ccc(Cl)cc1)c1ccc(F)cn1. The summed E-state index contributed by atoms with van der Waals surface area (Å²) in [5, 5.41) is 14.2. The summed E-state index contributed by atoms with van der Waals surface area (Å²) in [5.74, 6) is -0.361. The van der Waals surface area contributed by atoms with E-state index in [2.05, 4.69) is 10.3 Å². The lowest BCUT2D eigenvalue weighted by Gasteiger charge is -2.24. The van der Waals surface area contributed by atoms with Crippen LogP contribution in [0.2, 0.25) is 5.02 Å². The molecule has 0 fully saturated rings. The molecule has 2 rings (SSSR count). The van der Waals surface area contributed by atoms with E-state index in [1.165, 1.54) is 12.3 Å². The van der Waals surface area contributed by atoms with Gasteiger partial charge < -0.3 is 10.4 Å². The maximum absolute atomic E-state index is 12.9. The zero-order chi connectivity index (χ0) is 15.4. The molecule has 0 spiro atoms. The summed E-state index contributed by atoms with van der Waals surface area (Å²) in [6.07, 6.45) is 0.526. The molecule has 0 aliphatic carbocycles. The maximum Gasteiger partial charge on any atom is 0.141 e. The fourth-order valence-electron chi connectivity index (χ4n) is 2.16. The normalized spacial score (nSPS) is 15.5. The first-order valence-electron chi connectivity index (χ1n) is 6.78. The van der Waals surface area contributed by atoms with Gasteiger partial charge in [0.15, 0.2) is 0 Å². The maximum atomic E-state index is 12.9. The molecule has 21 heavy (non-hydrogen) atoms. The van der Waals surface area contributed by atoms with Crippen molar-refractivity contribution < 1.29 is 9.50 Å². The molecule has 2 N–H and O–H groups in total. The van der Waals surface area contributed by atoms with Crippen molar-refractivity contribution in [1.29, 1.82) is 0 Å². The van der Waals surface area contributed by atoms with Crippen LogP contribution >= 0.6 is 11.6 Å². The quantitative estimate of drug-likeness (QED) is 0.886. The highest BCUT2D eigenvalue weighted by atomic mass is 35.5. The Kier molecular flexibility index (Phi) is 5.28. The third kappa shape index (κ3) is 4.24. The van der Waals surface area contributed by atoms with Gasteiger partial charge in [0.05, 0.1) is 18.0 Å². The molecule has 112 valence electrons. The number of halogens is 2. The molecule has 1 heterocycles. The number of aliphatic hydroxyl groups excluding tert-OH is 1.